The van der Waals surface area contributed by atoms with E-state index < -0.39 is 12.0 Å². The van der Waals surface area contributed by atoms with Crippen molar-refractivity contribution in [2.45, 2.75) is 57.5 Å². The molecule has 3 N–H and O–H groups in total. The predicted octanol–water partition coefficient (Wildman–Crippen LogP) is 2.83. The number of carboxylic acids is 1. The first kappa shape index (κ1) is 21.4. The van der Waals surface area contributed by atoms with Crippen molar-refractivity contribution in [2.75, 3.05) is 13.2 Å². The predicted molar refractivity (Wildman–Crippen MR) is 109 cm³/mol. The molecule has 0 aliphatic carbocycles. The number of rotatable bonds is 11. The number of carboxylic acid groups (broad SMARTS) is 1. The molecule has 1 aromatic carbocycles. The Kier molecular flexibility index (Phi) is 7.33. The Morgan fingerprint density at radius 3 is 2.69 bits per heavy atom. The Bertz CT molecular complexity index is 799. The number of aliphatic imine (C=N–C) groups is 1. The van der Waals surface area contributed by atoms with Crippen LogP contribution < -0.4 is 10.1 Å². The topological polar surface area (TPSA) is 111 Å². The molecule has 1 unspecified atom stereocenters. The van der Waals surface area contributed by atoms with Gasteiger partial charge in [-0.05, 0) is 25.0 Å². The highest BCUT2D eigenvalue weighted by molar-refractivity contribution is 6.33. The number of nitrogens with zero attached hydrogens (tertiary/aromatic N) is 2. The third kappa shape index (κ3) is 5.19. The summed E-state index contributed by atoms with van der Waals surface area (Å²) in [6, 6.07) is 2.77. The van der Waals surface area contributed by atoms with Crippen LogP contribution in [-0.2, 0) is 16.1 Å². The molecule has 0 spiro atoms. The molecule has 1 atom stereocenters. The number of aliphatic carboxylic acids is 1. The van der Waals surface area contributed by atoms with Crippen molar-refractivity contribution >= 4 is 35.1 Å². The minimum Gasteiger partial charge on any atom is -0.492 e. The van der Waals surface area contributed by atoms with Crippen LogP contribution in [0, 0.1) is 0 Å². The Balaban J connectivity index is 1.59. The SMILES string of the molecule is O=C(O)CC1C(=O)NC2=Nc3ccc(OCCCCCCCCO)c(Cl)c3CN21. The monoisotopic (exact) mass is 423 g/mol. The molecule has 1 saturated heterocycles. The van der Waals surface area contributed by atoms with Gasteiger partial charge in [-0.2, -0.15) is 0 Å². The largest absolute Gasteiger partial charge is 0.492 e. The van der Waals surface area contributed by atoms with Crippen molar-refractivity contribution in [3.63, 3.8) is 0 Å². The fourth-order valence-electron chi connectivity index (χ4n) is 3.54. The van der Waals surface area contributed by atoms with Gasteiger partial charge < -0.3 is 19.8 Å². The van der Waals surface area contributed by atoms with Crippen LogP contribution in [0.25, 0.3) is 0 Å². The molecule has 9 heteroatoms. The molecule has 158 valence electrons. The van der Waals surface area contributed by atoms with Gasteiger partial charge in [0.05, 0.1) is 30.3 Å². The van der Waals surface area contributed by atoms with Crippen LogP contribution in [0.4, 0.5) is 5.69 Å². The zero-order valence-electron chi connectivity index (χ0n) is 16.2. The number of carbonyl (C=O) groups is 2. The van der Waals surface area contributed by atoms with Crippen molar-refractivity contribution in [3.8, 4) is 5.75 Å². The lowest BCUT2D eigenvalue weighted by atomic mass is 10.1. The number of guanidine groups is 1. The maximum Gasteiger partial charge on any atom is 0.305 e. The molecule has 0 saturated carbocycles. The Labute approximate surface area is 174 Å². The number of nitrogens with one attached hydrogen (secondary N) is 1. The average molecular weight is 424 g/mol. The second-order valence-electron chi connectivity index (χ2n) is 7.23. The lowest BCUT2D eigenvalue weighted by Crippen LogP contribution is -2.38. The number of fused-ring (bicyclic) bond motifs is 2. The molecular formula is C20H26ClN3O5. The number of hydrogen-bond acceptors (Lipinski definition) is 6. The number of ether oxygens (including phenoxy) is 1. The van der Waals surface area contributed by atoms with E-state index in [1.165, 1.54) is 0 Å². The van der Waals surface area contributed by atoms with E-state index in [2.05, 4.69) is 10.3 Å². The Morgan fingerprint density at radius 1 is 1.24 bits per heavy atom. The van der Waals surface area contributed by atoms with Gasteiger partial charge in [0.1, 0.15) is 11.8 Å². The van der Waals surface area contributed by atoms with E-state index in [9.17, 15) is 9.59 Å². The minimum absolute atomic E-state index is 0.254. The third-order valence-electron chi connectivity index (χ3n) is 5.10. The fraction of sp³-hybridized carbons (Fsp3) is 0.550. The van der Waals surface area contributed by atoms with Gasteiger partial charge in [-0.15, -0.1) is 0 Å². The molecule has 2 heterocycles. The van der Waals surface area contributed by atoms with Crippen LogP contribution in [0.3, 0.4) is 0 Å². The first-order chi connectivity index (χ1) is 14.0. The summed E-state index contributed by atoms with van der Waals surface area (Å²) in [4.78, 5) is 29.2. The van der Waals surface area contributed by atoms with Crippen molar-refractivity contribution in [2.24, 2.45) is 4.99 Å². The van der Waals surface area contributed by atoms with E-state index >= 15 is 0 Å². The van der Waals surface area contributed by atoms with Gasteiger partial charge in [0.2, 0.25) is 11.9 Å². The first-order valence-electron chi connectivity index (χ1n) is 9.94. The quantitative estimate of drug-likeness (QED) is 0.472. The molecule has 0 aromatic heterocycles. The molecule has 1 fully saturated rings. The fourth-order valence-corrected chi connectivity index (χ4v) is 3.82. The summed E-state index contributed by atoms with van der Waals surface area (Å²) in [5.41, 5.74) is 1.37. The molecule has 0 bridgehead atoms. The number of aliphatic hydroxyl groups is 1. The summed E-state index contributed by atoms with van der Waals surface area (Å²) in [7, 11) is 0. The Hall–Kier alpha value is -2.32. The highest BCUT2D eigenvalue weighted by Crippen LogP contribution is 2.39. The number of halogens is 1. The van der Waals surface area contributed by atoms with Gasteiger partial charge in [0, 0.05) is 12.2 Å². The molecule has 2 aliphatic heterocycles. The number of benzene rings is 1. The number of carbonyl (C=O) groups excluding carboxylic acids is 1. The molecular weight excluding hydrogens is 398 g/mol. The van der Waals surface area contributed by atoms with Gasteiger partial charge in [-0.1, -0.05) is 37.3 Å². The van der Waals surface area contributed by atoms with Crippen LogP contribution in [-0.4, -0.2) is 52.2 Å². The number of amides is 1. The molecule has 29 heavy (non-hydrogen) atoms. The van der Waals surface area contributed by atoms with Crippen molar-refractivity contribution in [1.82, 2.24) is 10.2 Å². The van der Waals surface area contributed by atoms with Gasteiger partial charge in [-0.25, -0.2) is 4.99 Å². The number of unbranched alkanes of at least 4 members (excludes halogenated alkanes) is 5. The van der Waals surface area contributed by atoms with E-state index in [4.69, 9.17) is 26.6 Å². The smallest absolute Gasteiger partial charge is 0.305 e. The Morgan fingerprint density at radius 2 is 1.97 bits per heavy atom. The summed E-state index contributed by atoms with van der Waals surface area (Å²) < 4.78 is 5.84. The zero-order chi connectivity index (χ0) is 20.8. The van der Waals surface area contributed by atoms with Crippen molar-refractivity contribution < 1.29 is 24.5 Å². The maximum absolute atomic E-state index is 12.1. The molecule has 3 rings (SSSR count). The molecule has 1 aromatic rings. The van der Waals surface area contributed by atoms with Crippen molar-refractivity contribution in [1.29, 1.82) is 0 Å². The standard InChI is InChI=1S/C20H26ClN3O5/c21-18-13-12-24-15(11-17(26)27)19(28)23-20(24)22-14(13)7-8-16(18)29-10-6-4-2-1-3-5-9-25/h7-8,15,25H,1-6,9-12H2,(H,26,27)(H,22,23,28). The summed E-state index contributed by atoms with van der Waals surface area (Å²) >= 11 is 6.54. The average Bonchev–Trinajstić information content (AvgIpc) is 2.98. The maximum atomic E-state index is 12.1. The van der Waals surface area contributed by atoms with Crippen LogP contribution >= 0.6 is 11.6 Å². The molecule has 0 radical (unpaired) electrons. The normalized spacial score (nSPS) is 17.4. The van der Waals surface area contributed by atoms with Crippen LogP contribution in [0.2, 0.25) is 5.02 Å². The van der Waals surface area contributed by atoms with Crippen LogP contribution in [0.15, 0.2) is 17.1 Å². The molecule has 2 aliphatic rings. The number of aliphatic hydroxyl groups excluding tert-OH is 1. The van der Waals surface area contributed by atoms with Gasteiger partial charge >= 0.3 is 5.97 Å². The second-order valence-corrected chi connectivity index (χ2v) is 7.61. The number of hydrogen-bond donors (Lipinski definition) is 3. The lowest BCUT2D eigenvalue weighted by molar-refractivity contribution is -0.140. The summed E-state index contributed by atoms with van der Waals surface area (Å²) in [5.74, 6) is -0.487. The van der Waals surface area contributed by atoms with E-state index in [0.717, 1.165) is 44.1 Å². The third-order valence-corrected chi connectivity index (χ3v) is 5.52. The summed E-state index contributed by atoms with van der Waals surface area (Å²) in [6.07, 6.45) is 5.80. The minimum atomic E-state index is -1.04. The van der Waals surface area contributed by atoms with Crippen LogP contribution in [0.5, 0.6) is 5.75 Å². The summed E-state index contributed by atoms with van der Waals surface area (Å²) in [5, 5.41) is 20.9. The summed E-state index contributed by atoms with van der Waals surface area (Å²) in [6.45, 7) is 1.11. The van der Waals surface area contributed by atoms with E-state index in [1.807, 2.05) is 0 Å². The van der Waals surface area contributed by atoms with Gasteiger partial charge in [0.25, 0.3) is 0 Å². The van der Waals surface area contributed by atoms with Gasteiger partial charge in [0.15, 0.2) is 0 Å². The zero-order valence-corrected chi connectivity index (χ0v) is 17.0. The lowest BCUT2D eigenvalue weighted by Gasteiger charge is -2.28. The van der Waals surface area contributed by atoms with Crippen LogP contribution in [0.1, 0.15) is 50.5 Å². The van der Waals surface area contributed by atoms with E-state index in [0.29, 0.717) is 35.6 Å². The van der Waals surface area contributed by atoms with Crippen molar-refractivity contribution in [3.05, 3.63) is 22.7 Å². The highest BCUT2D eigenvalue weighted by Gasteiger charge is 2.40. The first-order valence-corrected chi connectivity index (χ1v) is 10.3. The van der Waals surface area contributed by atoms with E-state index in [-0.39, 0.29) is 18.9 Å². The molecule has 8 nitrogen and oxygen atoms in total. The van der Waals surface area contributed by atoms with E-state index in [1.54, 1.807) is 17.0 Å². The van der Waals surface area contributed by atoms with Gasteiger partial charge in [-0.3, -0.25) is 14.9 Å². The highest BCUT2D eigenvalue weighted by atomic mass is 35.5. The molecule has 1 amide bonds. The second kappa shape index (κ2) is 9.93.